The Morgan fingerprint density at radius 2 is 2.09 bits per heavy atom. The summed E-state index contributed by atoms with van der Waals surface area (Å²) in [4.78, 5) is 26.4. The monoisotopic (exact) mass is 560 g/mol. The van der Waals surface area contributed by atoms with Gasteiger partial charge in [-0.25, -0.2) is 4.79 Å². The van der Waals surface area contributed by atoms with Crippen molar-refractivity contribution in [3.8, 4) is 11.4 Å². The van der Waals surface area contributed by atoms with Gasteiger partial charge in [0.2, 0.25) is 5.91 Å². The second kappa shape index (κ2) is 11.3. The zero-order valence-electron chi connectivity index (χ0n) is 18.8. The van der Waals surface area contributed by atoms with Crippen molar-refractivity contribution in [3.63, 3.8) is 0 Å². The number of aromatic nitrogens is 3. The number of nitrogens with one attached hydrogen (secondary N) is 1. The van der Waals surface area contributed by atoms with E-state index in [9.17, 15) is 9.59 Å². The molecule has 1 aromatic carbocycles. The first kappa shape index (κ1) is 24.7. The Morgan fingerprint density at radius 1 is 1.29 bits per heavy atom. The van der Waals surface area contributed by atoms with Gasteiger partial charge in [-0.05, 0) is 43.9 Å². The Morgan fingerprint density at radius 3 is 2.82 bits per heavy atom. The van der Waals surface area contributed by atoms with Crippen LogP contribution in [-0.2, 0) is 28.9 Å². The molecule has 0 fully saturated rings. The van der Waals surface area contributed by atoms with E-state index in [2.05, 4.69) is 38.0 Å². The SMILES string of the molecule is C=CCn1c(SCCC(=O)Nc2sc3c(c2C(=O)OCC)CCC3)nnc1-c1ccc(Br)cc1. The average Bonchev–Trinajstić information content (AvgIpc) is 3.50. The van der Waals surface area contributed by atoms with Crippen LogP contribution in [0.2, 0.25) is 0 Å². The molecule has 7 nitrogen and oxygen atoms in total. The summed E-state index contributed by atoms with van der Waals surface area (Å²) in [6, 6.07) is 7.89. The summed E-state index contributed by atoms with van der Waals surface area (Å²) in [6.45, 7) is 6.50. The number of anilines is 1. The molecule has 1 aliphatic carbocycles. The summed E-state index contributed by atoms with van der Waals surface area (Å²) in [5, 5.41) is 13.0. The van der Waals surface area contributed by atoms with E-state index in [0.29, 0.717) is 29.5 Å². The predicted octanol–water partition coefficient (Wildman–Crippen LogP) is 5.74. The average molecular weight is 562 g/mol. The third-order valence-corrected chi connectivity index (χ3v) is 8.05. The molecule has 0 spiro atoms. The quantitative estimate of drug-likeness (QED) is 0.193. The molecule has 0 aliphatic heterocycles. The summed E-state index contributed by atoms with van der Waals surface area (Å²) in [5.41, 5.74) is 2.52. The van der Waals surface area contributed by atoms with Gasteiger partial charge in [0.15, 0.2) is 11.0 Å². The molecule has 2 aromatic heterocycles. The number of aryl methyl sites for hydroxylation is 1. The highest BCUT2D eigenvalue weighted by Crippen LogP contribution is 2.39. The van der Waals surface area contributed by atoms with Crippen molar-refractivity contribution in [2.24, 2.45) is 0 Å². The molecule has 10 heteroatoms. The Bertz CT molecular complexity index is 1200. The maximum atomic E-state index is 12.7. The van der Waals surface area contributed by atoms with Gasteiger partial charge in [-0.2, -0.15) is 0 Å². The highest BCUT2D eigenvalue weighted by molar-refractivity contribution is 9.10. The summed E-state index contributed by atoms with van der Waals surface area (Å²) in [6.07, 6.45) is 4.91. The van der Waals surface area contributed by atoms with Crippen LogP contribution in [0.3, 0.4) is 0 Å². The second-order valence-corrected chi connectivity index (χ2v) is 10.7. The zero-order valence-corrected chi connectivity index (χ0v) is 22.0. The van der Waals surface area contributed by atoms with Crippen LogP contribution < -0.4 is 5.32 Å². The molecule has 0 unspecified atom stereocenters. The summed E-state index contributed by atoms with van der Waals surface area (Å²) < 4.78 is 8.22. The van der Waals surface area contributed by atoms with E-state index in [1.807, 2.05) is 28.8 Å². The maximum absolute atomic E-state index is 12.7. The summed E-state index contributed by atoms with van der Waals surface area (Å²) in [7, 11) is 0. The van der Waals surface area contributed by atoms with Crippen LogP contribution >= 0.6 is 39.0 Å². The highest BCUT2D eigenvalue weighted by atomic mass is 79.9. The molecule has 1 amide bonds. The standard InChI is InChI=1S/C24H25BrN4O3S2/c1-3-13-29-21(15-8-10-16(25)11-9-15)27-28-24(29)33-14-12-19(30)26-22-20(23(31)32-4-2)17-6-5-7-18(17)34-22/h3,8-11H,1,4-7,12-14H2,2H3,(H,26,30). The number of fused-ring (bicyclic) bond motifs is 1. The maximum Gasteiger partial charge on any atom is 0.341 e. The topological polar surface area (TPSA) is 86.1 Å². The Balaban J connectivity index is 1.41. The van der Waals surface area contributed by atoms with Gasteiger partial charge in [-0.1, -0.05) is 45.9 Å². The number of benzene rings is 1. The van der Waals surface area contributed by atoms with Crippen molar-refractivity contribution in [2.45, 2.75) is 44.3 Å². The number of ether oxygens (including phenoxy) is 1. The lowest BCUT2D eigenvalue weighted by Crippen LogP contribution is -2.15. The van der Waals surface area contributed by atoms with Gasteiger partial charge in [-0.3, -0.25) is 9.36 Å². The lowest BCUT2D eigenvalue weighted by Gasteiger charge is -2.09. The molecule has 0 bridgehead atoms. The first-order chi connectivity index (χ1) is 16.5. The second-order valence-electron chi connectivity index (χ2n) is 7.64. The van der Waals surface area contributed by atoms with Crippen molar-refractivity contribution >= 4 is 55.9 Å². The first-order valence-electron chi connectivity index (χ1n) is 11.1. The Hall–Kier alpha value is -2.43. The van der Waals surface area contributed by atoms with E-state index >= 15 is 0 Å². The van der Waals surface area contributed by atoms with Crippen LogP contribution in [-0.4, -0.2) is 39.0 Å². The molecule has 1 aliphatic rings. The molecule has 0 saturated carbocycles. The van der Waals surface area contributed by atoms with E-state index < -0.39 is 0 Å². The van der Waals surface area contributed by atoms with Crippen molar-refractivity contribution in [1.29, 1.82) is 0 Å². The van der Waals surface area contributed by atoms with E-state index in [1.165, 1.54) is 28.0 Å². The van der Waals surface area contributed by atoms with Crippen LogP contribution in [0.15, 0.2) is 46.5 Å². The van der Waals surface area contributed by atoms with Crippen molar-refractivity contribution in [1.82, 2.24) is 14.8 Å². The van der Waals surface area contributed by atoms with Crippen LogP contribution in [0.4, 0.5) is 5.00 Å². The zero-order chi connectivity index (χ0) is 24.1. The van der Waals surface area contributed by atoms with Crippen molar-refractivity contribution in [3.05, 3.63) is 57.4 Å². The predicted molar refractivity (Wildman–Crippen MR) is 140 cm³/mol. The van der Waals surface area contributed by atoms with Gasteiger partial charge >= 0.3 is 5.97 Å². The van der Waals surface area contributed by atoms with E-state index in [-0.39, 0.29) is 18.3 Å². The molecular formula is C24H25BrN4O3S2. The minimum atomic E-state index is -0.357. The lowest BCUT2D eigenvalue weighted by atomic mass is 10.1. The number of carbonyl (C=O) groups is 2. The minimum Gasteiger partial charge on any atom is -0.462 e. The molecule has 1 N–H and O–H groups in total. The van der Waals surface area contributed by atoms with Gasteiger partial charge in [0.05, 0.1) is 12.2 Å². The van der Waals surface area contributed by atoms with Crippen molar-refractivity contribution in [2.75, 3.05) is 17.7 Å². The number of thiophene rings is 1. The van der Waals surface area contributed by atoms with Gasteiger partial charge < -0.3 is 10.1 Å². The molecule has 2 heterocycles. The van der Waals surface area contributed by atoms with Crippen LogP contribution in [0.5, 0.6) is 0 Å². The third kappa shape index (κ3) is 5.45. The minimum absolute atomic E-state index is 0.138. The lowest BCUT2D eigenvalue weighted by molar-refractivity contribution is -0.115. The molecule has 0 saturated heterocycles. The smallest absolute Gasteiger partial charge is 0.341 e. The number of carbonyl (C=O) groups excluding carboxylic acids is 2. The first-order valence-corrected chi connectivity index (χ1v) is 13.7. The highest BCUT2D eigenvalue weighted by Gasteiger charge is 2.28. The number of hydrogen-bond donors (Lipinski definition) is 1. The Labute approximate surface area is 215 Å². The van der Waals surface area contributed by atoms with Crippen molar-refractivity contribution < 1.29 is 14.3 Å². The van der Waals surface area contributed by atoms with Crippen LogP contribution in [0, 0.1) is 0 Å². The number of esters is 1. The van der Waals surface area contributed by atoms with Crippen LogP contribution in [0.1, 0.15) is 40.6 Å². The van der Waals surface area contributed by atoms with Gasteiger partial charge in [0, 0.05) is 33.6 Å². The number of thioether (sulfide) groups is 1. The van der Waals surface area contributed by atoms with Gasteiger partial charge in [0.1, 0.15) is 5.00 Å². The fraction of sp³-hybridized carbons (Fsp3) is 0.333. The number of halogens is 1. The molecule has 178 valence electrons. The molecular weight excluding hydrogens is 536 g/mol. The molecule has 34 heavy (non-hydrogen) atoms. The largest absolute Gasteiger partial charge is 0.462 e. The van der Waals surface area contributed by atoms with E-state index in [4.69, 9.17) is 4.74 Å². The number of amides is 1. The summed E-state index contributed by atoms with van der Waals surface area (Å²) in [5.74, 6) is 0.790. The number of hydrogen-bond acceptors (Lipinski definition) is 7. The number of rotatable bonds is 10. The number of allylic oxidation sites excluding steroid dienone is 1. The van der Waals surface area contributed by atoms with E-state index in [1.54, 1.807) is 13.0 Å². The fourth-order valence-corrected chi connectivity index (χ4v) is 6.28. The molecule has 0 atom stereocenters. The Kier molecular flexibility index (Phi) is 8.23. The van der Waals surface area contributed by atoms with Gasteiger partial charge in [0.25, 0.3) is 0 Å². The third-order valence-electron chi connectivity index (χ3n) is 5.35. The fourth-order valence-electron chi connectivity index (χ4n) is 3.84. The molecule has 4 rings (SSSR count). The molecule has 3 aromatic rings. The normalized spacial score (nSPS) is 12.4. The van der Waals surface area contributed by atoms with E-state index in [0.717, 1.165) is 45.8 Å². The van der Waals surface area contributed by atoms with Gasteiger partial charge in [-0.15, -0.1) is 28.1 Å². The summed E-state index contributed by atoms with van der Waals surface area (Å²) >= 11 is 6.41. The van der Waals surface area contributed by atoms with Crippen LogP contribution in [0.25, 0.3) is 11.4 Å². The number of nitrogens with zero attached hydrogens (tertiary/aromatic N) is 3. The molecule has 0 radical (unpaired) electrons.